The van der Waals surface area contributed by atoms with Crippen LogP contribution in [0.3, 0.4) is 0 Å². The fourth-order valence-electron chi connectivity index (χ4n) is 4.39. The highest BCUT2D eigenvalue weighted by Crippen LogP contribution is 2.31. The molecule has 0 spiro atoms. The van der Waals surface area contributed by atoms with Crippen molar-refractivity contribution in [1.82, 2.24) is 9.80 Å². The van der Waals surface area contributed by atoms with Crippen LogP contribution in [0.4, 0.5) is 0 Å². The molecule has 3 heteroatoms. The van der Waals surface area contributed by atoms with Crippen LogP contribution in [0.2, 0.25) is 0 Å². The first-order valence-electron chi connectivity index (χ1n) is 8.37. The van der Waals surface area contributed by atoms with Crippen molar-refractivity contribution in [3.63, 3.8) is 0 Å². The molecule has 1 saturated carbocycles. The van der Waals surface area contributed by atoms with E-state index in [1.807, 2.05) is 0 Å². The van der Waals surface area contributed by atoms with Gasteiger partial charge in [-0.25, -0.2) is 0 Å². The summed E-state index contributed by atoms with van der Waals surface area (Å²) in [5.74, 6) is 1.34. The van der Waals surface area contributed by atoms with Crippen LogP contribution in [-0.2, 0) is 0 Å². The van der Waals surface area contributed by atoms with Crippen molar-refractivity contribution in [2.75, 3.05) is 32.7 Å². The zero-order valence-electron chi connectivity index (χ0n) is 12.4. The van der Waals surface area contributed by atoms with E-state index in [1.54, 1.807) is 0 Å². The van der Waals surface area contributed by atoms with E-state index in [-0.39, 0.29) is 6.10 Å². The Labute approximate surface area is 118 Å². The number of aliphatic hydroxyl groups excluding tert-OH is 1. The molecule has 2 saturated heterocycles. The standard InChI is InChI=1S/C16H30N2O/c1-13-4-5-16(19)14(10-13)11-17-9-6-15(12-17)18-7-2-3-8-18/h13-16,19H,2-12H2,1H3. The zero-order chi connectivity index (χ0) is 13.2. The lowest BCUT2D eigenvalue weighted by Crippen LogP contribution is -2.40. The Balaban J connectivity index is 1.48. The molecular weight excluding hydrogens is 236 g/mol. The SMILES string of the molecule is CC1CCC(O)C(CN2CCC(N3CCCC3)C2)C1. The Morgan fingerprint density at radius 2 is 1.84 bits per heavy atom. The van der Waals surface area contributed by atoms with Crippen molar-refractivity contribution in [2.45, 2.75) is 57.6 Å². The van der Waals surface area contributed by atoms with Gasteiger partial charge in [0.05, 0.1) is 6.10 Å². The van der Waals surface area contributed by atoms with Crippen LogP contribution in [0.25, 0.3) is 0 Å². The fraction of sp³-hybridized carbons (Fsp3) is 1.00. The monoisotopic (exact) mass is 266 g/mol. The number of hydrogen-bond acceptors (Lipinski definition) is 3. The molecule has 1 aliphatic carbocycles. The lowest BCUT2D eigenvalue weighted by molar-refractivity contribution is 0.0335. The molecule has 4 atom stereocenters. The summed E-state index contributed by atoms with van der Waals surface area (Å²) in [7, 11) is 0. The van der Waals surface area contributed by atoms with Gasteiger partial charge < -0.3 is 10.0 Å². The predicted octanol–water partition coefficient (Wildman–Crippen LogP) is 1.95. The zero-order valence-corrected chi connectivity index (χ0v) is 12.4. The van der Waals surface area contributed by atoms with Gasteiger partial charge in [-0.15, -0.1) is 0 Å². The van der Waals surface area contributed by atoms with Crippen molar-refractivity contribution >= 4 is 0 Å². The normalized spacial score (nSPS) is 42.0. The molecule has 2 heterocycles. The van der Waals surface area contributed by atoms with Gasteiger partial charge in [-0.05, 0) is 70.0 Å². The minimum absolute atomic E-state index is 0.0398. The molecule has 0 aromatic rings. The van der Waals surface area contributed by atoms with E-state index in [4.69, 9.17) is 0 Å². The first kappa shape index (κ1) is 13.8. The Morgan fingerprint density at radius 3 is 2.63 bits per heavy atom. The van der Waals surface area contributed by atoms with E-state index in [9.17, 15) is 5.11 Å². The van der Waals surface area contributed by atoms with E-state index in [2.05, 4.69) is 16.7 Å². The van der Waals surface area contributed by atoms with Crippen LogP contribution < -0.4 is 0 Å². The number of hydrogen-bond donors (Lipinski definition) is 1. The Morgan fingerprint density at radius 1 is 1.05 bits per heavy atom. The molecule has 4 unspecified atom stereocenters. The molecule has 3 nitrogen and oxygen atoms in total. The van der Waals surface area contributed by atoms with Crippen molar-refractivity contribution < 1.29 is 5.11 Å². The lowest BCUT2D eigenvalue weighted by atomic mass is 9.80. The third kappa shape index (κ3) is 3.32. The number of aliphatic hydroxyl groups is 1. The predicted molar refractivity (Wildman–Crippen MR) is 78.2 cm³/mol. The smallest absolute Gasteiger partial charge is 0.0580 e. The van der Waals surface area contributed by atoms with Crippen LogP contribution in [0.5, 0.6) is 0 Å². The maximum Gasteiger partial charge on any atom is 0.0580 e. The molecule has 2 aliphatic heterocycles. The molecule has 0 radical (unpaired) electrons. The van der Waals surface area contributed by atoms with Gasteiger partial charge in [-0.1, -0.05) is 6.92 Å². The summed E-state index contributed by atoms with van der Waals surface area (Å²) in [6.07, 6.45) is 7.57. The van der Waals surface area contributed by atoms with E-state index in [0.717, 1.165) is 24.9 Å². The van der Waals surface area contributed by atoms with Gasteiger partial charge in [-0.2, -0.15) is 0 Å². The van der Waals surface area contributed by atoms with E-state index < -0.39 is 0 Å². The molecule has 3 fully saturated rings. The summed E-state index contributed by atoms with van der Waals surface area (Å²) in [6.45, 7) is 8.62. The molecule has 0 bridgehead atoms. The number of nitrogens with zero attached hydrogens (tertiary/aromatic N) is 2. The van der Waals surface area contributed by atoms with Crippen molar-refractivity contribution in [2.24, 2.45) is 11.8 Å². The summed E-state index contributed by atoms with van der Waals surface area (Å²) < 4.78 is 0. The summed E-state index contributed by atoms with van der Waals surface area (Å²) in [5, 5.41) is 10.2. The second-order valence-corrected chi connectivity index (χ2v) is 7.19. The highest BCUT2D eigenvalue weighted by molar-refractivity contribution is 4.88. The van der Waals surface area contributed by atoms with E-state index in [0.29, 0.717) is 5.92 Å². The van der Waals surface area contributed by atoms with Crippen molar-refractivity contribution in [1.29, 1.82) is 0 Å². The highest BCUT2D eigenvalue weighted by atomic mass is 16.3. The maximum atomic E-state index is 10.2. The quantitative estimate of drug-likeness (QED) is 0.846. The van der Waals surface area contributed by atoms with Gasteiger partial charge in [0.1, 0.15) is 0 Å². The molecule has 110 valence electrons. The average Bonchev–Trinajstić information content (AvgIpc) is 3.04. The van der Waals surface area contributed by atoms with Crippen molar-refractivity contribution in [3.05, 3.63) is 0 Å². The molecule has 0 aromatic carbocycles. The summed E-state index contributed by atoms with van der Waals surface area (Å²) in [5.41, 5.74) is 0. The first-order valence-corrected chi connectivity index (χ1v) is 8.37. The topological polar surface area (TPSA) is 26.7 Å². The molecule has 3 aliphatic rings. The number of rotatable bonds is 3. The third-order valence-electron chi connectivity index (χ3n) is 5.60. The number of likely N-dealkylation sites (tertiary alicyclic amines) is 2. The lowest BCUT2D eigenvalue weighted by Gasteiger charge is -2.34. The molecule has 0 amide bonds. The molecule has 0 aromatic heterocycles. The average molecular weight is 266 g/mol. The molecule has 19 heavy (non-hydrogen) atoms. The van der Waals surface area contributed by atoms with Gasteiger partial charge in [0.25, 0.3) is 0 Å². The van der Waals surface area contributed by atoms with Crippen LogP contribution in [-0.4, -0.2) is 59.8 Å². The second kappa shape index (κ2) is 6.11. The Hall–Kier alpha value is -0.120. The van der Waals surface area contributed by atoms with Gasteiger partial charge >= 0.3 is 0 Å². The summed E-state index contributed by atoms with van der Waals surface area (Å²) >= 11 is 0. The van der Waals surface area contributed by atoms with Gasteiger partial charge in [0, 0.05) is 19.1 Å². The minimum atomic E-state index is -0.0398. The maximum absolute atomic E-state index is 10.2. The van der Waals surface area contributed by atoms with E-state index >= 15 is 0 Å². The Kier molecular flexibility index (Phi) is 4.45. The van der Waals surface area contributed by atoms with Gasteiger partial charge in [0.15, 0.2) is 0 Å². The van der Waals surface area contributed by atoms with Crippen molar-refractivity contribution in [3.8, 4) is 0 Å². The molecule has 1 N–H and O–H groups in total. The van der Waals surface area contributed by atoms with Gasteiger partial charge in [-0.3, -0.25) is 4.90 Å². The second-order valence-electron chi connectivity index (χ2n) is 7.19. The van der Waals surface area contributed by atoms with Gasteiger partial charge in [0.2, 0.25) is 0 Å². The largest absolute Gasteiger partial charge is 0.393 e. The van der Waals surface area contributed by atoms with E-state index in [1.165, 1.54) is 58.3 Å². The minimum Gasteiger partial charge on any atom is -0.393 e. The van der Waals surface area contributed by atoms with Crippen LogP contribution in [0.1, 0.15) is 45.4 Å². The van der Waals surface area contributed by atoms with Crippen LogP contribution in [0, 0.1) is 11.8 Å². The molecular formula is C16H30N2O. The highest BCUT2D eigenvalue weighted by Gasteiger charge is 2.33. The summed E-state index contributed by atoms with van der Waals surface area (Å²) in [4.78, 5) is 5.31. The Bertz CT molecular complexity index is 290. The van der Waals surface area contributed by atoms with Crippen LogP contribution >= 0.6 is 0 Å². The van der Waals surface area contributed by atoms with Crippen LogP contribution in [0.15, 0.2) is 0 Å². The summed E-state index contributed by atoms with van der Waals surface area (Å²) in [6, 6.07) is 0.806. The first-order chi connectivity index (χ1) is 9.22. The molecule has 3 rings (SSSR count). The third-order valence-corrected chi connectivity index (χ3v) is 5.60. The fourth-order valence-corrected chi connectivity index (χ4v) is 4.39.